The van der Waals surface area contributed by atoms with Crippen LogP contribution in [0.4, 0.5) is 0 Å². The monoisotopic (exact) mass is 503 g/mol. The van der Waals surface area contributed by atoms with Crippen molar-refractivity contribution in [2.75, 3.05) is 13.2 Å². The van der Waals surface area contributed by atoms with Crippen molar-refractivity contribution in [2.24, 2.45) is 12.0 Å². The SMILES string of the molecule is Cc1nnc(CN=C(NCc2cc(C(C)C)no2)NCC2CCCO2)n1C.I. The molecule has 10 heteroatoms. The molecule has 2 aromatic heterocycles. The molecule has 2 aromatic rings. The van der Waals surface area contributed by atoms with E-state index in [0.717, 1.165) is 49.1 Å². The summed E-state index contributed by atoms with van der Waals surface area (Å²) in [5, 5.41) is 19.0. The predicted octanol–water partition coefficient (Wildman–Crippen LogP) is 2.27. The van der Waals surface area contributed by atoms with E-state index in [0.29, 0.717) is 25.0 Å². The van der Waals surface area contributed by atoms with Gasteiger partial charge in [0.25, 0.3) is 0 Å². The molecule has 1 saturated heterocycles. The smallest absolute Gasteiger partial charge is 0.192 e. The van der Waals surface area contributed by atoms with Crippen molar-refractivity contribution in [2.45, 2.75) is 58.7 Å². The standard InChI is InChI=1S/C18H29N7O2.HI/c1-12(2)16-8-15(27-24-16)10-20-18(19-9-14-6-5-7-26-14)21-11-17-23-22-13(3)25(17)4;/h8,12,14H,5-7,9-11H2,1-4H3,(H2,19,20,21);1H. The number of hydrogen-bond acceptors (Lipinski definition) is 6. The first-order chi connectivity index (χ1) is 13.0. The molecule has 0 bridgehead atoms. The van der Waals surface area contributed by atoms with Crippen molar-refractivity contribution in [1.82, 2.24) is 30.6 Å². The van der Waals surface area contributed by atoms with Crippen LogP contribution < -0.4 is 10.6 Å². The van der Waals surface area contributed by atoms with E-state index in [-0.39, 0.29) is 30.1 Å². The molecule has 156 valence electrons. The quantitative estimate of drug-likeness (QED) is 0.340. The lowest BCUT2D eigenvalue weighted by Gasteiger charge is -2.15. The van der Waals surface area contributed by atoms with Gasteiger partial charge >= 0.3 is 0 Å². The van der Waals surface area contributed by atoms with Crippen LogP contribution in [0.25, 0.3) is 0 Å². The fourth-order valence-corrected chi connectivity index (χ4v) is 2.78. The molecule has 0 aliphatic carbocycles. The maximum atomic E-state index is 5.68. The molecule has 3 rings (SSSR count). The highest BCUT2D eigenvalue weighted by Crippen LogP contribution is 2.14. The third-order valence-electron chi connectivity index (χ3n) is 4.68. The molecule has 1 unspecified atom stereocenters. The summed E-state index contributed by atoms with van der Waals surface area (Å²) in [6.45, 7) is 8.60. The van der Waals surface area contributed by atoms with Crippen LogP contribution in [0.5, 0.6) is 0 Å². The second-order valence-corrected chi connectivity index (χ2v) is 7.13. The minimum absolute atomic E-state index is 0. The molecule has 0 radical (unpaired) electrons. The Labute approximate surface area is 182 Å². The van der Waals surface area contributed by atoms with Gasteiger partial charge in [0.05, 0.1) is 18.3 Å². The number of aliphatic imine (C=N–C) groups is 1. The number of hydrogen-bond donors (Lipinski definition) is 2. The lowest BCUT2D eigenvalue weighted by atomic mass is 10.1. The molecule has 1 aliphatic heterocycles. The minimum atomic E-state index is 0. The van der Waals surface area contributed by atoms with Crippen LogP contribution >= 0.6 is 24.0 Å². The van der Waals surface area contributed by atoms with Crippen LogP contribution in [0.1, 0.15) is 55.7 Å². The summed E-state index contributed by atoms with van der Waals surface area (Å²) in [5.41, 5.74) is 0.951. The van der Waals surface area contributed by atoms with E-state index in [9.17, 15) is 0 Å². The first-order valence-corrected chi connectivity index (χ1v) is 9.47. The molecule has 0 amide bonds. The van der Waals surface area contributed by atoms with E-state index in [1.807, 2.05) is 24.6 Å². The second kappa shape index (κ2) is 10.7. The Hall–Kier alpha value is -1.69. The zero-order chi connectivity index (χ0) is 19.2. The molecule has 0 saturated carbocycles. The first kappa shape index (κ1) is 22.6. The molecule has 1 fully saturated rings. The number of halogens is 1. The summed E-state index contributed by atoms with van der Waals surface area (Å²) < 4.78 is 13.0. The van der Waals surface area contributed by atoms with E-state index in [2.05, 4.69) is 44.8 Å². The lowest BCUT2D eigenvalue weighted by Crippen LogP contribution is -2.40. The third-order valence-corrected chi connectivity index (χ3v) is 4.68. The van der Waals surface area contributed by atoms with Gasteiger partial charge in [-0.25, -0.2) is 4.99 Å². The van der Waals surface area contributed by atoms with Gasteiger partial charge in [-0.3, -0.25) is 0 Å². The Kier molecular flexibility index (Phi) is 8.67. The van der Waals surface area contributed by atoms with Crippen molar-refractivity contribution in [3.8, 4) is 0 Å². The van der Waals surface area contributed by atoms with E-state index in [1.54, 1.807) is 0 Å². The average molecular weight is 503 g/mol. The lowest BCUT2D eigenvalue weighted by molar-refractivity contribution is 0.113. The fourth-order valence-electron chi connectivity index (χ4n) is 2.78. The predicted molar refractivity (Wildman–Crippen MR) is 117 cm³/mol. The highest BCUT2D eigenvalue weighted by Gasteiger charge is 2.16. The minimum Gasteiger partial charge on any atom is -0.376 e. The van der Waals surface area contributed by atoms with Gasteiger partial charge in [0.1, 0.15) is 12.4 Å². The maximum Gasteiger partial charge on any atom is 0.192 e. The summed E-state index contributed by atoms with van der Waals surface area (Å²) in [6, 6.07) is 1.97. The molecule has 3 heterocycles. The van der Waals surface area contributed by atoms with Crippen molar-refractivity contribution >= 4 is 29.9 Å². The summed E-state index contributed by atoms with van der Waals surface area (Å²) in [5.74, 6) is 3.48. The molecule has 0 aromatic carbocycles. The molecular weight excluding hydrogens is 473 g/mol. The molecule has 1 atom stereocenters. The number of aromatic nitrogens is 4. The van der Waals surface area contributed by atoms with Crippen LogP contribution in [-0.4, -0.2) is 45.1 Å². The van der Waals surface area contributed by atoms with Crippen LogP contribution in [-0.2, 0) is 24.9 Å². The number of nitrogens with one attached hydrogen (secondary N) is 2. The van der Waals surface area contributed by atoms with E-state index < -0.39 is 0 Å². The number of ether oxygens (including phenoxy) is 1. The van der Waals surface area contributed by atoms with Crippen LogP contribution in [0.15, 0.2) is 15.6 Å². The van der Waals surface area contributed by atoms with Crippen molar-refractivity contribution in [1.29, 1.82) is 0 Å². The van der Waals surface area contributed by atoms with Gasteiger partial charge in [-0.15, -0.1) is 34.2 Å². The van der Waals surface area contributed by atoms with Crippen LogP contribution in [0, 0.1) is 6.92 Å². The molecule has 1 aliphatic rings. The Morgan fingerprint density at radius 1 is 1.36 bits per heavy atom. The second-order valence-electron chi connectivity index (χ2n) is 7.13. The number of guanidine groups is 1. The highest BCUT2D eigenvalue weighted by molar-refractivity contribution is 14.0. The Morgan fingerprint density at radius 3 is 2.79 bits per heavy atom. The zero-order valence-corrected chi connectivity index (χ0v) is 19.3. The number of aryl methyl sites for hydroxylation is 1. The Morgan fingerprint density at radius 2 is 2.18 bits per heavy atom. The summed E-state index contributed by atoms with van der Waals surface area (Å²) in [7, 11) is 1.94. The molecular formula is C18H30IN7O2. The van der Waals surface area contributed by atoms with Crippen molar-refractivity contribution < 1.29 is 9.26 Å². The van der Waals surface area contributed by atoms with E-state index in [1.165, 1.54) is 0 Å². The molecule has 28 heavy (non-hydrogen) atoms. The van der Waals surface area contributed by atoms with Gasteiger partial charge in [0.2, 0.25) is 0 Å². The van der Waals surface area contributed by atoms with Gasteiger partial charge in [0, 0.05) is 26.3 Å². The van der Waals surface area contributed by atoms with Gasteiger partial charge in [0.15, 0.2) is 17.5 Å². The third kappa shape index (κ3) is 6.16. The van der Waals surface area contributed by atoms with Gasteiger partial charge in [-0.05, 0) is 25.7 Å². The van der Waals surface area contributed by atoms with Gasteiger partial charge in [-0.1, -0.05) is 19.0 Å². The first-order valence-electron chi connectivity index (χ1n) is 9.47. The van der Waals surface area contributed by atoms with Gasteiger partial charge < -0.3 is 24.5 Å². The zero-order valence-electron chi connectivity index (χ0n) is 16.9. The molecule has 9 nitrogen and oxygen atoms in total. The largest absolute Gasteiger partial charge is 0.376 e. The van der Waals surface area contributed by atoms with Gasteiger partial charge in [-0.2, -0.15) is 0 Å². The van der Waals surface area contributed by atoms with E-state index in [4.69, 9.17) is 9.26 Å². The fraction of sp³-hybridized carbons (Fsp3) is 0.667. The van der Waals surface area contributed by atoms with Crippen molar-refractivity contribution in [3.63, 3.8) is 0 Å². The van der Waals surface area contributed by atoms with Crippen molar-refractivity contribution in [3.05, 3.63) is 29.2 Å². The summed E-state index contributed by atoms with van der Waals surface area (Å²) >= 11 is 0. The molecule has 0 spiro atoms. The molecule has 2 N–H and O–H groups in total. The highest BCUT2D eigenvalue weighted by atomic mass is 127. The average Bonchev–Trinajstić information content (AvgIpc) is 3.38. The van der Waals surface area contributed by atoms with Crippen LogP contribution in [0.2, 0.25) is 0 Å². The number of rotatable bonds is 7. The summed E-state index contributed by atoms with van der Waals surface area (Å²) in [6.07, 6.45) is 2.41. The Balaban J connectivity index is 0.00000280. The number of nitrogens with zero attached hydrogens (tertiary/aromatic N) is 5. The Bertz CT molecular complexity index is 766. The topological polar surface area (TPSA) is 102 Å². The van der Waals surface area contributed by atoms with E-state index >= 15 is 0 Å². The normalized spacial score (nSPS) is 17.0. The maximum absolute atomic E-state index is 5.68. The summed E-state index contributed by atoms with van der Waals surface area (Å²) in [4.78, 5) is 4.64. The van der Waals surface area contributed by atoms with Crippen LogP contribution in [0.3, 0.4) is 0 Å².